The molecular weight excluding hydrogens is 420 g/mol. The number of rotatable bonds is 6. The molecule has 0 radical (unpaired) electrons. The molecule has 3 aromatic carbocycles. The molecule has 0 saturated carbocycles. The maximum absolute atomic E-state index is 8.73. The summed E-state index contributed by atoms with van der Waals surface area (Å²) in [5, 5.41) is 15.7. The number of H-pyrrole nitrogens is 1. The van der Waals surface area contributed by atoms with Gasteiger partial charge < -0.3 is 19.6 Å². The Morgan fingerprint density at radius 3 is 2.78 bits per heavy atom. The first-order valence-electron chi connectivity index (χ1n) is 10.7. The second-order valence-corrected chi connectivity index (χ2v) is 8.27. The van der Waals surface area contributed by atoms with Crippen LogP contribution in [0.5, 0.6) is 11.5 Å². The van der Waals surface area contributed by atoms with Gasteiger partial charge in [-0.1, -0.05) is 30.3 Å². The summed E-state index contributed by atoms with van der Waals surface area (Å²) in [6.45, 7) is 1.00. The average molecular weight is 449 g/mol. The fraction of sp³-hybridized carbons (Fsp3) is 0.231. The summed E-state index contributed by atoms with van der Waals surface area (Å²) in [7, 11) is 1.68. The number of nitrogens with one attached hydrogen (secondary N) is 1. The zero-order chi connectivity index (χ0) is 22.3. The number of aliphatic hydroxyl groups is 1. The van der Waals surface area contributed by atoms with Crippen molar-refractivity contribution in [2.45, 2.75) is 24.2 Å². The number of aryl methyl sites for hydroxylation is 1. The van der Waals surface area contributed by atoms with Crippen LogP contribution < -0.4 is 14.6 Å². The maximum atomic E-state index is 8.73. The Morgan fingerprint density at radius 1 is 1.09 bits per heavy atom. The van der Waals surface area contributed by atoms with E-state index < -0.39 is 0 Å². The van der Waals surface area contributed by atoms with E-state index in [1.807, 2.05) is 36.5 Å². The first kappa shape index (κ1) is 22.3. The molecule has 32 heavy (non-hydrogen) atoms. The number of fused-ring (bicyclic) bond motifs is 2. The first-order valence-corrected chi connectivity index (χ1v) is 11.6. The van der Waals surface area contributed by atoms with Gasteiger partial charge in [0.2, 0.25) is 0 Å². The standard InChI is InChI=1S/C15H15NO2S.C11H13NO/c1-17-13-4-2-3-10(8-13)12-7-11-5-6-18-15(11)14(9-12)19-16;13-7-3-4-9-8-12-11-6-2-1-5-10(9)11/h2-4,7-9H,5-6,16H2,1H3;1-2,5-6,8,12-13H,3-4,7H2. The third-order valence-electron chi connectivity index (χ3n) is 5.56. The second-order valence-electron chi connectivity index (χ2n) is 7.60. The highest BCUT2D eigenvalue weighted by molar-refractivity contribution is 7.97. The molecule has 1 aliphatic rings. The molecule has 0 atom stereocenters. The molecule has 2 heterocycles. The summed E-state index contributed by atoms with van der Waals surface area (Å²) in [4.78, 5) is 4.21. The lowest BCUT2D eigenvalue weighted by molar-refractivity contribution is 0.289. The van der Waals surface area contributed by atoms with Crippen molar-refractivity contribution in [2.24, 2.45) is 5.14 Å². The molecule has 0 saturated heterocycles. The number of hydrogen-bond donors (Lipinski definition) is 3. The summed E-state index contributed by atoms with van der Waals surface area (Å²) in [6, 6.07) is 20.5. The van der Waals surface area contributed by atoms with Crippen LogP contribution in [0.2, 0.25) is 0 Å². The normalized spacial score (nSPS) is 12.1. The second kappa shape index (κ2) is 10.6. The van der Waals surface area contributed by atoms with Crippen molar-refractivity contribution < 1.29 is 14.6 Å². The number of ether oxygens (including phenoxy) is 2. The van der Waals surface area contributed by atoms with Crippen molar-refractivity contribution in [2.75, 3.05) is 20.3 Å². The smallest absolute Gasteiger partial charge is 0.137 e. The third-order valence-corrected chi connectivity index (χ3v) is 6.12. The summed E-state index contributed by atoms with van der Waals surface area (Å²) in [6.07, 6.45) is 4.75. The van der Waals surface area contributed by atoms with Gasteiger partial charge in [0.15, 0.2) is 0 Å². The predicted molar refractivity (Wildman–Crippen MR) is 131 cm³/mol. The molecule has 4 N–H and O–H groups in total. The molecule has 0 amide bonds. The molecular formula is C26H28N2O3S. The van der Waals surface area contributed by atoms with Crippen molar-refractivity contribution in [1.82, 2.24) is 4.98 Å². The van der Waals surface area contributed by atoms with E-state index in [9.17, 15) is 0 Å². The SMILES string of the molecule is COc1cccc(-c2cc3c(c(SN)c2)OCC3)c1.OCCCc1c[nH]c2ccccc12. The summed E-state index contributed by atoms with van der Waals surface area (Å²) >= 11 is 1.24. The molecule has 0 bridgehead atoms. The van der Waals surface area contributed by atoms with Crippen molar-refractivity contribution >= 4 is 22.9 Å². The minimum atomic E-state index is 0.263. The van der Waals surface area contributed by atoms with Crippen molar-refractivity contribution in [1.29, 1.82) is 0 Å². The molecule has 0 spiro atoms. The molecule has 166 valence electrons. The van der Waals surface area contributed by atoms with Crippen LogP contribution in [-0.4, -0.2) is 30.4 Å². The van der Waals surface area contributed by atoms with E-state index in [1.54, 1.807) is 7.11 Å². The van der Waals surface area contributed by atoms with Gasteiger partial charge in [-0.2, -0.15) is 0 Å². The van der Waals surface area contributed by atoms with Crippen molar-refractivity contribution in [3.63, 3.8) is 0 Å². The van der Waals surface area contributed by atoms with Gasteiger partial charge in [0.1, 0.15) is 11.5 Å². The Labute approximate surface area is 192 Å². The zero-order valence-corrected chi connectivity index (χ0v) is 19.0. The van der Waals surface area contributed by atoms with E-state index in [1.165, 1.54) is 34.0 Å². The minimum absolute atomic E-state index is 0.263. The Balaban J connectivity index is 0.000000165. The summed E-state index contributed by atoms with van der Waals surface area (Å²) in [5.41, 5.74) is 5.98. The molecule has 5 nitrogen and oxygen atoms in total. The Hall–Kier alpha value is -2.93. The van der Waals surface area contributed by atoms with Crippen LogP contribution in [0.3, 0.4) is 0 Å². The Kier molecular flexibility index (Phi) is 7.37. The number of methoxy groups -OCH3 is 1. The van der Waals surface area contributed by atoms with Gasteiger partial charge in [-0.25, -0.2) is 0 Å². The van der Waals surface area contributed by atoms with Gasteiger partial charge in [-0.3, -0.25) is 5.14 Å². The number of nitrogens with two attached hydrogens (primary N) is 1. The number of benzene rings is 3. The van der Waals surface area contributed by atoms with Crippen LogP contribution in [0.15, 0.2) is 71.8 Å². The van der Waals surface area contributed by atoms with Crippen LogP contribution in [-0.2, 0) is 12.8 Å². The van der Waals surface area contributed by atoms with Gasteiger partial charge >= 0.3 is 0 Å². The molecule has 0 unspecified atom stereocenters. The van der Waals surface area contributed by atoms with E-state index in [0.717, 1.165) is 53.4 Å². The van der Waals surface area contributed by atoms with Crippen LogP contribution in [0.25, 0.3) is 22.0 Å². The van der Waals surface area contributed by atoms with E-state index >= 15 is 0 Å². The Bertz CT molecular complexity index is 1190. The Morgan fingerprint density at radius 2 is 1.97 bits per heavy atom. The fourth-order valence-electron chi connectivity index (χ4n) is 3.94. The summed E-state index contributed by atoms with van der Waals surface area (Å²) < 4.78 is 10.9. The number of aliphatic hydroxyl groups excluding tert-OH is 1. The van der Waals surface area contributed by atoms with E-state index in [4.69, 9.17) is 19.7 Å². The number of aromatic nitrogens is 1. The quantitative estimate of drug-likeness (QED) is 0.346. The van der Waals surface area contributed by atoms with Crippen molar-refractivity contribution in [3.05, 3.63) is 78.0 Å². The van der Waals surface area contributed by atoms with Crippen LogP contribution in [0.1, 0.15) is 17.5 Å². The van der Waals surface area contributed by atoms with Gasteiger partial charge in [0, 0.05) is 30.1 Å². The molecule has 5 rings (SSSR count). The largest absolute Gasteiger partial charge is 0.497 e. The van der Waals surface area contributed by atoms with Gasteiger partial charge in [-0.05, 0) is 77.4 Å². The molecule has 0 aliphatic carbocycles. The zero-order valence-electron chi connectivity index (χ0n) is 18.1. The predicted octanol–water partition coefficient (Wildman–Crippen LogP) is 5.36. The van der Waals surface area contributed by atoms with E-state index in [-0.39, 0.29) is 6.61 Å². The molecule has 1 aliphatic heterocycles. The highest BCUT2D eigenvalue weighted by Gasteiger charge is 2.18. The lowest BCUT2D eigenvalue weighted by Gasteiger charge is -2.10. The highest BCUT2D eigenvalue weighted by Crippen LogP contribution is 2.38. The number of aromatic amines is 1. The van der Waals surface area contributed by atoms with Crippen LogP contribution >= 0.6 is 11.9 Å². The molecule has 1 aromatic heterocycles. The van der Waals surface area contributed by atoms with Gasteiger partial charge in [-0.15, -0.1) is 0 Å². The average Bonchev–Trinajstić information content (AvgIpc) is 3.49. The highest BCUT2D eigenvalue weighted by atomic mass is 32.2. The van der Waals surface area contributed by atoms with Gasteiger partial charge in [0.05, 0.1) is 18.6 Å². The third kappa shape index (κ3) is 4.93. The summed E-state index contributed by atoms with van der Waals surface area (Å²) in [5.74, 6) is 1.80. The topological polar surface area (TPSA) is 80.5 Å². The van der Waals surface area contributed by atoms with E-state index in [0.29, 0.717) is 0 Å². The van der Waals surface area contributed by atoms with Gasteiger partial charge in [0.25, 0.3) is 0 Å². The molecule has 0 fully saturated rings. The van der Waals surface area contributed by atoms with Crippen LogP contribution in [0.4, 0.5) is 0 Å². The van der Waals surface area contributed by atoms with E-state index in [2.05, 4.69) is 35.3 Å². The first-order chi connectivity index (χ1) is 15.7. The maximum Gasteiger partial charge on any atom is 0.137 e. The van der Waals surface area contributed by atoms with Crippen LogP contribution in [0, 0.1) is 0 Å². The molecule has 4 aromatic rings. The lowest BCUT2D eigenvalue weighted by Crippen LogP contribution is -1.90. The minimum Gasteiger partial charge on any atom is -0.497 e. The monoisotopic (exact) mass is 448 g/mol. The van der Waals surface area contributed by atoms with Crippen molar-refractivity contribution in [3.8, 4) is 22.6 Å². The fourth-order valence-corrected chi connectivity index (χ4v) is 4.43. The lowest BCUT2D eigenvalue weighted by atomic mass is 10.0. The number of para-hydroxylation sites is 1. The molecule has 6 heteroatoms. The number of hydrogen-bond acceptors (Lipinski definition) is 5.